The van der Waals surface area contributed by atoms with Gasteiger partial charge in [-0.2, -0.15) is 0 Å². The Morgan fingerprint density at radius 1 is 1.14 bits per heavy atom. The van der Waals surface area contributed by atoms with Crippen LogP contribution in [0.25, 0.3) is 0 Å². The van der Waals surface area contributed by atoms with Crippen molar-refractivity contribution in [3.63, 3.8) is 0 Å². The average molecular weight is 293 g/mol. The number of hydrogen-bond donors (Lipinski definition) is 1. The van der Waals surface area contributed by atoms with Gasteiger partial charge in [-0.25, -0.2) is 0 Å². The largest absolute Gasteiger partial charge is 0.459 e. The van der Waals surface area contributed by atoms with E-state index in [0.29, 0.717) is 5.56 Å². The van der Waals surface area contributed by atoms with Crippen LogP contribution in [0.4, 0.5) is 0 Å². The van der Waals surface area contributed by atoms with Crippen molar-refractivity contribution >= 4 is 11.9 Å². The van der Waals surface area contributed by atoms with Gasteiger partial charge in [-0.05, 0) is 46.2 Å². The molecule has 21 heavy (non-hydrogen) atoms. The third-order valence-corrected chi connectivity index (χ3v) is 2.44. The monoisotopic (exact) mass is 293 g/mol. The molecule has 0 aliphatic rings. The second kappa shape index (κ2) is 8.45. The van der Waals surface area contributed by atoms with Gasteiger partial charge in [0.15, 0.2) is 0 Å². The number of hydrogen-bond acceptors (Lipinski definition) is 3. The number of nitrogens with one attached hydrogen (secondary N) is 1. The molecule has 0 unspecified atom stereocenters. The molecular weight excluding hydrogens is 266 g/mol. The standard InChI is InChI=1S/C15H21NO3.C2H6/c1-10-6-7-12(11(2)8-10)14(18)16-9-13(17)19-15(3,4)5;1-2/h6-8H,9H2,1-5H3,(H,16,18);1-2H3. The molecule has 1 N–H and O–H groups in total. The Morgan fingerprint density at radius 3 is 2.19 bits per heavy atom. The zero-order valence-electron chi connectivity index (χ0n) is 14.2. The number of carbonyl (C=O) groups is 2. The third-order valence-electron chi connectivity index (χ3n) is 2.44. The summed E-state index contributed by atoms with van der Waals surface area (Å²) in [4.78, 5) is 23.4. The molecule has 0 spiro atoms. The number of amides is 1. The summed E-state index contributed by atoms with van der Waals surface area (Å²) in [6.07, 6.45) is 0. The van der Waals surface area contributed by atoms with E-state index in [0.717, 1.165) is 11.1 Å². The highest BCUT2D eigenvalue weighted by Crippen LogP contribution is 2.10. The van der Waals surface area contributed by atoms with Gasteiger partial charge >= 0.3 is 5.97 Å². The van der Waals surface area contributed by atoms with E-state index in [9.17, 15) is 9.59 Å². The van der Waals surface area contributed by atoms with Crippen molar-refractivity contribution < 1.29 is 14.3 Å². The van der Waals surface area contributed by atoms with Crippen LogP contribution in [0.1, 0.15) is 56.1 Å². The second-order valence-electron chi connectivity index (χ2n) is 5.59. The molecule has 0 saturated heterocycles. The topological polar surface area (TPSA) is 55.4 Å². The van der Waals surface area contributed by atoms with Crippen LogP contribution in [-0.4, -0.2) is 24.0 Å². The zero-order chi connectivity index (χ0) is 16.6. The van der Waals surface area contributed by atoms with Crippen molar-refractivity contribution in [1.82, 2.24) is 5.32 Å². The molecule has 0 aliphatic heterocycles. The Labute approximate surface area is 127 Å². The Morgan fingerprint density at radius 2 is 1.71 bits per heavy atom. The van der Waals surface area contributed by atoms with Crippen LogP contribution in [0.15, 0.2) is 18.2 Å². The Bertz CT molecular complexity index is 487. The predicted octanol–water partition coefficient (Wildman–Crippen LogP) is 3.40. The lowest BCUT2D eigenvalue weighted by Gasteiger charge is -2.19. The molecule has 1 aromatic carbocycles. The summed E-state index contributed by atoms with van der Waals surface area (Å²) in [7, 11) is 0. The van der Waals surface area contributed by atoms with E-state index < -0.39 is 11.6 Å². The van der Waals surface area contributed by atoms with Gasteiger partial charge in [0, 0.05) is 5.56 Å². The average Bonchev–Trinajstić information content (AvgIpc) is 2.36. The van der Waals surface area contributed by atoms with Crippen molar-refractivity contribution in [3.8, 4) is 0 Å². The smallest absolute Gasteiger partial charge is 0.325 e. The van der Waals surface area contributed by atoms with E-state index in [1.165, 1.54) is 0 Å². The summed E-state index contributed by atoms with van der Waals surface area (Å²) in [5.41, 5.74) is 2.03. The summed E-state index contributed by atoms with van der Waals surface area (Å²) in [5, 5.41) is 2.57. The SMILES string of the molecule is CC.Cc1ccc(C(=O)NCC(=O)OC(C)(C)C)c(C)c1. The summed E-state index contributed by atoms with van der Waals surface area (Å²) in [6.45, 7) is 13.1. The highest BCUT2D eigenvalue weighted by Gasteiger charge is 2.17. The highest BCUT2D eigenvalue weighted by molar-refractivity contribution is 5.97. The van der Waals surface area contributed by atoms with Gasteiger partial charge in [-0.15, -0.1) is 0 Å². The fourth-order valence-electron chi connectivity index (χ4n) is 1.69. The first kappa shape index (κ1) is 19.2. The molecule has 0 saturated carbocycles. The molecule has 118 valence electrons. The van der Waals surface area contributed by atoms with Crippen LogP contribution in [0.5, 0.6) is 0 Å². The quantitative estimate of drug-likeness (QED) is 0.869. The van der Waals surface area contributed by atoms with Crippen LogP contribution in [0, 0.1) is 13.8 Å². The minimum Gasteiger partial charge on any atom is -0.459 e. The number of aryl methyl sites for hydroxylation is 2. The van der Waals surface area contributed by atoms with E-state index in [-0.39, 0.29) is 12.5 Å². The van der Waals surface area contributed by atoms with Gasteiger partial charge in [0.25, 0.3) is 5.91 Å². The summed E-state index contributed by atoms with van der Waals surface area (Å²) < 4.78 is 5.12. The fourth-order valence-corrected chi connectivity index (χ4v) is 1.69. The Kier molecular flexibility index (Phi) is 7.71. The molecule has 0 fully saturated rings. The van der Waals surface area contributed by atoms with E-state index in [4.69, 9.17) is 4.74 Å². The second-order valence-corrected chi connectivity index (χ2v) is 5.59. The molecule has 0 radical (unpaired) electrons. The van der Waals surface area contributed by atoms with Crippen molar-refractivity contribution in [2.75, 3.05) is 6.54 Å². The normalized spacial score (nSPS) is 10.2. The van der Waals surface area contributed by atoms with Gasteiger partial charge in [0.05, 0.1) is 0 Å². The predicted molar refractivity (Wildman–Crippen MR) is 85.4 cm³/mol. The first-order valence-electron chi connectivity index (χ1n) is 7.26. The van der Waals surface area contributed by atoms with Crippen LogP contribution in [0.3, 0.4) is 0 Å². The molecule has 0 atom stereocenters. The molecule has 0 aromatic heterocycles. The van der Waals surface area contributed by atoms with Crippen LogP contribution in [-0.2, 0) is 9.53 Å². The molecular formula is C17H27NO3. The minimum absolute atomic E-state index is 0.122. The minimum atomic E-state index is -0.540. The number of rotatable bonds is 3. The van der Waals surface area contributed by atoms with Gasteiger partial charge in [-0.1, -0.05) is 31.5 Å². The Hall–Kier alpha value is -1.84. The van der Waals surface area contributed by atoms with Crippen LogP contribution in [0.2, 0.25) is 0 Å². The molecule has 1 amide bonds. The zero-order valence-corrected chi connectivity index (χ0v) is 14.2. The van der Waals surface area contributed by atoms with Crippen LogP contribution >= 0.6 is 0 Å². The van der Waals surface area contributed by atoms with Gasteiger partial charge in [0.2, 0.25) is 0 Å². The number of ether oxygens (including phenoxy) is 1. The van der Waals surface area contributed by atoms with Gasteiger partial charge in [-0.3, -0.25) is 9.59 Å². The van der Waals surface area contributed by atoms with Crippen molar-refractivity contribution in [2.24, 2.45) is 0 Å². The molecule has 0 bridgehead atoms. The maximum atomic E-state index is 11.9. The lowest BCUT2D eigenvalue weighted by atomic mass is 10.1. The molecule has 4 nitrogen and oxygen atoms in total. The van der Waals surface area contributed by atoms with Crippen LogP contribution < -0.4 is 5.32 Å². The molecule has 4 heteroatoms. The Balaban J connectivity index is 0.00000191. The molecule has 1 aromatic rings. The van der Waals surface area contributed by atoms with Crippen molar-refractivity contribution in [1.29, 1.82) is 0 Å². The number of esters is 1. The lowest BCUT2D eigenvalue weighted by Crippen LogP contribution is -2.34. The van der Waals surface area contributed by atoms with E-state index >= 15 is 0 Å². The summed E-state index contributed by atoms with van der Waals surface area (Å²) >= 11 is 0. The third kappa shape index (κ3) is 7.49. The van der Waals surface area contributed by atoms with Crippen molar-refractivity contribution in [3.05, 3.63) is 34.9 Å². The first-order valence-corrected chi connectivity index (χ1v) is 7.26. The number of benzene rings is 1. The van der Waals surface area contributed by atoms with E-state index in [1.807, 2.05) is 39.8 Å². The number of carbonyl (C=O) groups excluding carboxylic acids is 2. The van der Waals surface area contributed by atoms with Gasteiger partial charge in [0.1, 0.15) is 12.1 Å². The fraction of sp³-hybridized carbons (Fsp3) is 0.529. The first-order chi connectivity index (χ1) is 9.69. The molecule has 0 aliphatic carbocycles. The van der Waals surface area contributed by atoms with E-state index in [2.05, 4.69) is 5.32 Å². The maximum absolute atomic E-state index is 11.9. The lowest BCUT2D eigenvalue weighted by molar-refractivity contribution is -0.153. The molecule has 1 rings (SSSR count). The highest BCUT2D eigenvalue weighted by atomic mass is 16.6. The molecule has 0 heterocycles. The maximum Gasteiger partial charge on any atom is 0.325 e. The van der Waals surface area contributed by atoms with Crippen molar-refractivity contribution in [2.45, 2.75) is 54.1 Å². The summed E-state index contributed by atoms with van der Waals surface area (Å²) in [5.74, 6) is -0.700. The van der Waals surface area contributed by atoms with Gasteiger partial charge < -0.3 is 10.1 Å². The van der Waals surface area contributed by atoms with E-state index in [1.54, 1.807) is 26.8 Å². The summed E-state index contributed by atoms with van der Waals surface area (Å²) in [6, 6.07) is 5.56.